The minimum Gasteiger partial charge on any atom is -1.00 e. The molecule has 1 N–H and O–H groups in total. The van der Waals surface area contributed by atoms with E-state index in [1.54, 1.807) is 6.92 Å². The second kappa shape index (κ2) is 14.8. The normalized spacial score (nSPS) is 31.1. The SMILES string of the molecule is CC1=C2CCC(C)CC2(O)OC1=O.CC1=C2CCC(C)CC2OC1=O.I.II.[B].[H-].[Na+]. The molecule has 165 valence electrons. The third kappa shape index (κ3) is 7.85. The number of esters is 2. The van der Waals surface area contributed by atoms with Crippen LogP contribution < -0.4 is 29.6 Å². The van der Waals surface area contributed by atoms with Crippen molar-refractivity contribution in [2.75, 3.05) is 0 Å². The number of fused-ring (bicyclic) bond motifs is 2. The number of carbonyl (C=O) groups excluding carboxylic acids is 2. The van der Waals surface area contributed by atoms with Gasteiger partial charge in [-0.15, -0.1) is 24.0 Å². The molecule has 5 nitrogen and oxygen atoms in total. The maximum atomic E-state index is 11.2. The van der Waals surface area contributed by atoms with Gasteiger partial charge in [-0.05, 0) is 63.4 Å². The summed E-state index contributed by atoms with van der Waals surface area (Å²) in [6, 6.07) is 0. The summed E-state index contributed by atoms with van der Waals surface area (Å²) < 4.78 is 10.2. The monoisotopic (exact) mass is 765 g/mol. The molecule has 0 amide bonds. The molecule has 0 spiro atoms. The first-order valence-corrected chi connectivity index (χ1v) is 15.7. The van der Waals surface area contributed by atoms with Crippen molar-refractivity contribution in [3.8, 4) is 0 Å². The molecule has 4 atom stereocenters. The van der Waals surface area contributed by atoms with E-state index in [4.69, 9.17) is 9.47 Å². The Hall–Kier alpha value is 1.63. The van der Waals surface area contributed by atoms with Gasteiger partial charge in [0.05, 0.1) is 0 Å². The molecule has 4 unspecified atom stereocenters. The van der Waals surface area contributed by atoms with Gasteiger partial charge in [0.1, 0.15) is 6.10 Å². The van der Waals surface area contributed by atoms with Crippen LogP contribution in [0, 0.1) is 11.8 Å². The third-order valence-corrected chi connectivity index (χ3v) is 5.95. The van der Waals surface area contributed by atoms with Crippen LogP contribution in [0.3, 0.4) is 0 Å². The molecule has 2 saturated carbocycles. The first-order chi connectivity index (χ1) is 12.7. The molecule has 0 aromatic heterocycles. The molecular weight excluding hydrogens is 735 g/mol. The van der Waals surface area contributed by atoms with Crippen molar-refractivity contribution < 1.29 is 55.2 Å². The van der Waals surface area contributed by atoms with Crippen LogP contribution in [0.15, 0.2) is 22.3 Å². The zero-order valence-corrected chi connectivity index (χ0v) is 26.9. The maximum Gasteiger partial charge on any atom is 1.00 e. The average molecular weight is 765 g/mol. The van der Waals surface area contributed by atoms with Gasteiger partial charge in [0.25, 0.3) is 0 Å². The second-order valence-electron chi connectivity index (χ2n) is 8.05. The molecule has 2 aliphatic heterocycles. The van der Waals surface area contributed by atoms with Crippen LogP contribution in [-0.4, -0.2) is 37.3 Å². The van der Waals surface area contributed by atoms with Crippen LogP contribution in [0.1, 0.15) is 67.6 Å². The Kier molecular flexibility index (Phi) is 16.7. The molecule has 0 aromatic carbocycles. The van der Waals surface area contributed by atoms with Gasteiger partial charge >= 0.3 is 41.5 Å². The van der Waals surface area contributed by atoms with Crippen molar-refractivity contribution in [2.45, 2.75) is 78.1 Å². The summed E-state index contributed by atoms with van der Waals surface area (Å²) in [5, 5.41) is 10.0. The van der Waals surface area contributed by atoms with Gasteiger partial charge in [-0.25, -0.2) is 9.59 Å². The number of hydrogen-bond donors (Lipinski definition) is 1. The number of halogens is 3. The molecule has 3 radical (unpaired) electrons. The molecule has 10 heteroatoms. The Bertz CT molecular complexity index is 692. The number of rotatable bonds is 0. The quantitative estimate of drug-likeness (QED) is 0.234. The Labute approximate surface area is 246 Å². The molecule has 2 fully saturated rings. The number of ether oxygens (including phenoxy) is 2. The zero-order chi connectivity index (χ0) is 20.4. The first kappa shape index (κ1) is 33.8. The molecule has 2 aliphatic carbocycles. The van der Waals surface area contributed by atoms with Crippen molar-refractivity contribution in [1.82, 2.24) is 0 Å². The molecule has 4 aliphatic rings. The van der Waals surface area contributed by atoms with E-state index in [0.29, 0.717) is 23.8 Å². The van der Waals surface area contributed by atoms with Gasteiger partial charge in [-0.3, -0.25) is 0 Å². The van der Waals surface area contributed by atoms with E-state index in [1.165, 1.54) is 12.0 Å². The molecule has 4 rings (SSSR count). The van der Waals surface area contributed by atoms with Gasteiger partial charge in [-0.2, -0.15) is 0 Å². The first-order valence-electron chi connectivity index (χ1n) is 9.42. The van der Waals surface area contributed by atoms with Crippen LogP contribution in [-0.2, 0) is 19.1 Å². The topological polar surface area (TPSA) is 72.8 Å². The van der Waals surface area contributed by atoms with Gasteiger partial charge in [-0.1, -0.05) is 13.8 Å². The maximum absolute atomic E-state index is 11.2. The van der Waals surface area contributed by atoms with Gasteiger partial charge in [0, 0.05) is 68.8 Å². The average Bonchev–Trinajstić information content (AvgIpc) is 3.01. The Morgan fingerprint density at radius 2 is 1.60 bits per heavy atom. The van der Waals surface area contributed by atoms with E-state index in [2.05, 4.69) is 51.1 Å². The minimum atomic E-state index is -1.27. The fourth-order valence-electron chi connectivity index (χ4n) is 4.31. The van der Waals surface area contributed by atoms with Gasteiger partial charge < -0.3 is 16.0 Å². The van der Waals surface area contributed by atoms with Crippen LogP contribution >= 0.6 is 61.2 Å². The van der Waals surface area contributed by atoms with E-state index < -0.39 is 5.79 Å². The number of carbonyl (C=O) groups is 2. The van der Waals surface area contributed by atoms with E-state index >= 15 is 0 Å². The molecule has 0 saturated heterocycles. The predicted molar refractivity (Wildman–Crippen MR) is 143 cm³/mol. The largest absolute Gasteiger partial charge is 1.00 e. The summed E-state index contributed by atoms with van der Waals surface area (Å²) in [6.07, 6.45) is 5.79. The second-order valence-corrected chi connectivity index (χ2v) is 8.05. The summed E-state index contributed by atoms with van der Waals surface area (Å²) in [5.41, 5.74) is 3.54. The number of hydrogen-bond acceptors (Lipinski definition) is 5. The van der Waals surface area contributed by atoms with Crippen LogP contribution in [0.25, 0.3) is 0 Å². The van der Waals surface area contributed by atoms with Crippen molar-refractivity contribution in [3.05, 3.63) is 22.3 Å². The molecule has 0 bridgehead atoms. The smallest absolute Gasteiger partial charge is 1.00 e. The molecule has 2 heterocycles. The summed E-state index contributed by atoms with van der Waals surface area (Å²) in [7, 11) is 0. The van der Waals surface area contributed by atoms with E-state index in [9.17, 15) is 14.7 Å². The van der Waals surface area contributed by atoms with E-state index in [1.807, 2.05) is 6.92 Å². The summed E-state index contributed by atoms with van der Waals surface area (Å²) >= 11 is 4.24. The minimum absolute atomic E-state index is 0. The fraction of sp³-hybridized carbons (Fsp3) is 0.700. The molecular formula is C20H30BI3NaO5. The van der Waals surface area contributed by atoms with Gasteiger partial charge in [0.15, 0.2) is 0 Å². The summed E-state index contributed by atoms with van der Waals surface area (Å²) in [6.45, 7) is 7.90. The standard InChI is InChI=1S/C10H14O3.C10H14O2.B.I2.HI.Na.H/c1-6-3-4-8-7(2)9(11)13-10(8,12)5-6;1-6-3-4-8-7(2)10(11)12-9(8)5-6;;1-2;;;/h6,12H,3-5H2,1-2H3;6,9H,3-5H2,1-2H3;;;1H;;/q;;;;;+1;-1. The van der Waals surface area contributed by atoms with Crippen LogP contribution in [0.5, 0.6) is 0 Å². The van der Waals surface area contributed by atoms with Crippen molar-refractivity contribution in [2.24, 2.45) is 11.8 Å². The fourth-order valence-corrected chi connectivity index (χ4v) is 4.31. The zero-order valence-electron chi connectivity index (χ0n) is 19.3. The molecule has 0 aromatic rings. The van der Waals surface area contributed by atoms with E-state index in [-0.39, 0.29) is 81.4 Å². The summed E-state index contributed by atoms with van der Waals surface area (Å²) in [4.78, 5) is 22.4. The van der Waals surface area contributed by atoms with Crippen molar-refractivity contribution in [3.63, 3.8) is 0 Å². The van der Waals surface area contributed by atoms with Crippen LogP contribution in [0.4, 0.5) is 0 Å². The van der Waals surface area contributed by atoms with Gasteiger partial charge in [0.2, 0.25) is 5.79 Å². The van der Waals surface area contributed by atoms with Crippen molar-refractivity contribution in [1.29, 1.82) is 0 Å². The summed E-state index contributed by atoms with van der Waals surface area (Å²) in [5.74, 6) is -0.584. The Morgan fingerprint density at radius 1 is 1.03 bits per heavy atom. The Balaban J connectivity index is -0.000000419. The number of aliphatic hydroxyl groups is 1. The molecule has 30 heavy (non-hydrogen) atoms. The predicted octanol–water partition coefficient (Wildman–Crippen LogP) is 2.54. The third-order valence-electron chi connectivity index (χ3n) is 5.95. The van der Waals surface area contributed by atoms with Crippen molar-refractivity contribution >= 4 is 81.6 Å². The Morgan fingerprint density at radius 3 is 2.20 bits per heavy atom. The van der Waals surface area contributed by atoms with Crippen LogP contribution in [0.2, 0.25) is 0 Å². The van der Waals surface area contributed by atoms with E-state index in [0.717, 1.165) is 36.8 Å².